The van der Waals surface area contributed by atoms with Crippen LogP contribution in [0.4, 0.5) is 0 Å². The molecule has 0 saturated carbocycles. The van der Waals surface area contributed by atoms with Crippen molar-refractivity contribution in [2.75, 3.05) is 31.7 Å². The second kappa shape index (κ2) is 6.91. The summed E-state index contributed by atoms with van der Waals surface area (Å²) in [7, 11) is 2.01. The predicted molar refractivity (Wildman–Crippen MR) is 78.1 cm³/mol. The van der Waals surface area contributed by atoms with Crippen LogP contribution in [0.25, 0.3) is 0 Å². The Balaban J connectivity index is 2.09. The van der Waals surface area contributed by atoms with E-state index >= 15 is 0 Å². The summed E-state index contributed by atoms with van der Waals surface area (Å²) in [5, 5.41) is 0. The van der Waals surface area contributed by atoms with Gasteiger partial charge in [-0.2, -0.15) is 11.8 Å². The molecule has 0 amide bonds. The number of ether oxygens (including phenoxy) is 1. The minimum absolute atomic E-state index is 0.0398. The normalized spacial score (nSPS) is 20.2. The zero-order valence-electron chi connectivity index (χ0n) is 11.5. The molecule has 2 heterocycles. The Morgan fingerprint density at radius 1 is 1.58 bits per heavy atom. The average molecular weight is 280 g/mol. The van der Waals surface area contributed by atoms with Gasteiger partial charge in [0.25, 0.3) is 0 Å². The first kappa shape index (κ1) is 14.3. The summed E-state index contributed by atoms with van der Waals surface area (Å²) < 4.78 is 5.53. The summed E-state index contributed by atoms with van der Waals surface area (Å²) in [6.07, 6.45) is 4.24. The van der Waals surface area contributed by atoms with Crippen LogP contribution in [-0.2, 0) is 0 Å². The van der Waals surface area contributed by atoms with Gasteiger partial charge in [0, 0.05) is 29.8 Å². The molecule has 1 aromatic rings. The molecule has 1 fully saturated rings. The highest BCUT2D eigenvalue weighted by Crippen LogP contribution is 2.20. The van der Waals surface area contributed by atoms with Crippen molar-refractivity contribution in [3.63, 3.8) is 0 Å². The first-order valence-corrected chi connectivity index (χ1v) is 7.78. The highest BCUT2D eigenvalue weighted by atomic mass is 32.2. The number of carbonyl (C=O) groups is 1. The summed E-state index contributed by atoms with van der Waals surface area (Å²) in [4.78, 5) is 18.7. The van der Waals surface area contributed by atoms with E-state index in [9.17, 15) is 4.79 Å². The maximum absolute atomic E-state index is 12.5. The van der Waals surface area contributed by atoms with Gasteiger partial charge in [0.05, 0.1) is 18.8 Å². The number of hydrogen-bond donors (Lipinski definition) is 0. The third-order valence-corrected chi connectivity index (χ3v) is 4.19. The lowest BCUT2D eigenvalue weighted by molar-refractivity contribution is 0.0873. The van der Waals surface area contributed by atoms with E-state index in [4.69, 9.17) is 4.74 Å². The molecule has 0 bridgehead atoms. The quantitative estimate of drug-likeness (QED) is 0.773. The number of Topliss-reactive ketones (excluding diaryl/α,β-unsaturated/α-hetero) is 1. The van der Waals surface area contributed by atoms with Crippen LogP contribution < -0.4 is 4.74 Å². The Hall–Kier alpha value is -1.07. The highest BCUT2D eigenvalue weighted by molar-refractivity contribution is 7.99. The molecule has 1 unspecified atom stereocenters. The molecule has 1 aliphatic rings. The lowest BCUT2D eigenvalue weighted by atomic mass is 10.1. The third-order valence-electron chi connectivity index (χ3n) is 3.17. The Bertz CT molecular complexity index is 439. The van der Waals surface area contributed by atoms with E-state index in [1.165, 1.54) is 0 Å². The number of likely N-dealkylation sites (N-methyl/N-ethyl adjacent to an activating group) is 1. The van der Waals surface area contributed by atoms with Crippen LogP contribution in [0.5, 0.6) is 5.75 Å². The fourth-order valence-electron chi connectivity index (χ4n) is 2.01. The summed E-state index contributed by atoms with van der Waals surface area (Å²) in [5.41, 5.74) is 0.646. The van der Waals surface area contributed by atoms with E-state index in [-0.39, 0.29) is 11.8 Å². The average Bonchev–Trinajstić information content (AvgIpc) is 2.45. The SMILES string of the molecule is CCCOc1cncc(C(=O)C2CSCCN2C)c1. The Kier molecular flexibility index (Phi) is 5.22. The standard InChI is InChI=1S/C14H20N2O2S/c1-3-5-18-12-7-11(8-15-9-12)14(17)13-10-19-6-4-16(13)2/h7-9,13H,3-6,10H2,1-2H3. The van der Waals surface area contributed by atoms with Gasteiger partial charge in [-0.1, -0.05) is 6.92 Å². The van der Waals surface area contributed by atoms with Gasteiger partial charge in [0.15, 0.2) is 5.78 Å². The Labute approximate surface area is 118 Å². The number of nitrogens with zero attached hydrogens (tertiary/aromatic N) is 2. The minimum Gasteiger partial charge on any atom is -0.492 e. The van der Waals surface area contributed by atoms with Crippen molar-refractivity contribution in [2.45, 2.75) is 19.4 Å². The molecule has 2 rings (SSSR count). The van der Waals surface area contributed by atoms with Crippen LogP contribution in [0.3, 0.4) is 0 Å². The molecule has 104 valence electrons. The van der Waals surface area contributed by atoms with Gasteiger partial charge in [-0.3, -0.25) is 14.7 Å². The van der Waals surface area contributed by atoms with Crippen molar-refractivity contribution in [3.8, 4) is 5.75 Å². The van der Waals surface area contributed by atoms with Crippen LogP contribution in [0.2, 0.25) is 0 Å². The van der Waals surface area contributed by atoms with Gasteiger partial charge in [-0.25, -0.2) is 0 Å². The monoisotopic (exact) mass is 280 g/mol. The summed E-state index contributed by atoms with van der Waals surface area (Å²) in [5.74, 6) is 2.77. The molecule has 19 heavy (non-hydrogen) atoms. The van der Waals surface area contributed by atoms with Crippen LogP contribution in [0, 0.1) is 0 Å². The lowest BCUT2D eigenvalue weighted by Gasteiger charge is -2.30. The molecule has 1 aromatic heterocycles. The molecule has 0 aromatic carbocycles. The number of aromatic nitrogens is 1. The van der Waals surface area contributed by atoms with Crippen LogP contribution in [0.15, 0.2) is 18.5 Å². The van der Waals surface area contributed by atoms with Gasteiger partial charge >= 0.3 is 0 Å². The fraction of sp³-hybridized carbons (Fsp3) is 0.571. The van der Waals surface area contributed by atoms with Gasteiger partial charge in [0.1, 0.15) is 5.75 Å². The first-order chi connectivity index (χ1) is 9.22. The smallest absolute Gasteiger partial charge is 0.182 e. The molecule has 4 nitrogen and oxygen atoms in total. The van der Waals surface area contributed by atoms with Crippen molar-refractivity contribution in [2.24, 2.45) is 0 Å². The van der Waals surface area contributed by atoms with Crippen molar-refractivity contribution >= 4 is 17.5 Å². The van der Waals surface area contributed by atoms with Gasteiger partial charge in [-0.05, 0) is 19.5 Å². The van der Waals surface area contributed by atoms with Crippen molar-refractivity contribution in [1.82, 2.24) is 9.88 Å². The second-order valence-corrected chi connectivity index (χ2v) is 5.84. The van der Waals surface area contributed by atoms with E-state index in [0.717, 1.165) is 24.5 Å². The van der Waals surface area contributed by atoms with E-state index < -0.39 is 0 Å². The number of hydrogen-bond acceptors (Lipinski definition) is 5. The van der Waals surface area contributed by atoms with Gasteiger partial charge in [0.2, 0.25) is 0 Å². The highest BCUT2D eigenvalue weighted by Gasteiger charge is 2.27. The van der Waals surface area contributed by atoms with Crippen LogP contribution >= 0.6 is 11.8 Å². The van der Waals surface area contributed by atoms with Gasteiger partial charge < -0.3 is 4.74 Å². The largest absolute Gasteiger partial charge is 0.492 e. The van der Waals surface area contributed by atoms with Crippen molar-refractivity contribution < 1.29 is 9.53 Å². The topological polar surface area (TPSA) is 42.4 Å². The predicted octanol–water partition coefficient (Wildman–Crippen LogP) is 2.10. The zero-order chi connectivity index (χ0) is 13.7. The Morgan fingerprint density at radius 3 is 3.16 bits per heavy atom. The molecule has 5 heteroatoms. The molecule has 0 spiro atoms. The van der Waals surface area contributed by atoms with E-state index in [2.05, 4.69) is 16.8 Å². The van der Waals surface area contributed by atoms with Gasteiger partial charge in [-0.15, -0.1) is 0 Å². The molecular weight excluding hydrogens is 260 g/mol. The minimum atomic E-state index is -0.0398. The number of ketones is 1. The number of carbonyl (C=O) groups excluding carboxylic acids is 1. The summed E-state index contributed by atoms with van der Waals surface area (Å²) >= 11 is 1.83. The first-order valence-electron chi connectivity index (χ1n) is 6.62. The Morgan fingerprint density at radius 2 is 2.42 bits per heavy atom. The molecule has 0 aliphatic carbocycles. The number of pyridine rings is 1. The number of rotatable bonds is 5. The molecule has 1 aliphatic heterocycles. The number of thioether (sulfide) groups is 1. The van der Waals surface area contributed by atoms with Crippen LogP contribution in [0.1, 0.15) is 23.7 Å². The summed E-state index contributed by atoms with van der Waals surface area (Å²) in [6.45, 7) is 3.66. The molecular formula is C14H20N2O2S. The molecule has 0 N–H and O–H groups in total. The second-order valence-electron chi connectivity index (χ2n) is 4.69. The summed E-state index contributed by atoms with van der Waals surface area (Å²) in [6, 6.07) is 1.76. The maximum atomic E-state index is 12.5. The van der Waals surface area contributed by atoms with Crippen LogP contribution in [-0.4, -0.2) is 53.4 Å². The fourth-order valence-corrected chi connectivity index (χ4v) is 3.22. The maximum Gasteiger partial charge on any atom is 0.182 e. The third kappa shape index (κ3) is 3.70. The van der Waals surface area contributed by atoms with Crippen molar-refractivity contribution in [3.05, 3.63) is 24.0 Å². The zero-order valence-corrected chi connectivity index (χ0v) is 12.3. The van der Waals surface area contributed by atoms with E-state index in [1.807, 2.05) is 18.8 Å². The molecule has 1 atom stereocenters. The molecule has 0 radical (unpaired) electrons. The van der Waals surface area contributed by atoms with Crippen molar-refractivity contribution in [1.29, 1.82) is 0 Å². The lowest BCUT2D eigenvalue weighted by Crippen LogP contribution is -2.44. The molecule has 1 saturated heterocycles. The van der Waals surface area contributed by atoms with E-state index in [1.54, 1.807) is 18.5 Å². The van der Waals surface area contributed by atoms with E-state index in [0.29, 0.717) is 17.9 Å².